The van der Waals surface area contributed by atoms with Crippen LogP contribution in [0.4, 0.5) is 13.2 Å². The van der Waals surface area contributed by atoms with Crippen molar-refractivity contribution in [3.8, 4) is 5.75 Å². The summed E-state index contributed by atoms with van der Waals surface area (Å²) in [6.07, 6.45) is -3.18. The minimum Gasteiger partial charge on any atom is -0.492 e. The van der Waals surface area contributed by atoms with Gasteiger partial charge >= 0.3 is 6.18 Å². The topological polar surface area (TPSA) is 15.7 Å². The molecule has 2 fully saturated rings. The third kappa shape index (κ3) is 4.49. The molecular formula is C24H29F3N2O. The standard InChI is InChI=1S/C24H29F3N2O/c1-16-9-17(2)23(18(3)10-16)15-29-14-20-12-21(29)13-28(20)7-8-30-22-6-4-5-19(11-22)24(25,26)27/h4-6,9-11,20-21H,7-8,12-15H2,1-3H3/t20?,21-/m0/s1. The van der Waals surface area contributed by atoms with E-state index in [-0.39, 0.29) is 5.75 Å². The van der Waals surface area contributed by atoms with Gasteiger partial charge in [-0.2, -0.15) is 13.2 Å². The average Bonchev–Trinajstić information content (AvgIpc) is 3.24. The zero-order valence-electron chi connectivity index (χ0n) is 17.8. The lowest BCUT2D eigenvalue weighted by atomic mass is 9.99. The summed E-state index contributed by atoms with van der Waals surface area (Å²) in [5.41, 5.74) is 4.80. The van der Waals surface area contributed by atoms with Crippen molar-refractivity contribution in [1.29, 1.82) is 0 Å². The molecule has 2 aliphatic heterocycles. The number of alkyl halides is 3. The molecule has 2 heterocycles. The van der Waals surface area contributed by atoms with Gasteiger partial charge in [-0.1, -0.05) is 23.8 Å². The van der Waals surface area contributed by atoms with Crippen LogP contribution in [0.25, 0.3) is 0 Å². The van der Waals surface area contributed by atoms with Crippen molar-refractivity contribution in [3.63, 3.8) is 0 Å². The van der Waals surface area contributed by atoms with E-state index in [0.29, 0.717) is 18.7 Å². The summed E-state index contributed by atoms with van der Waals surface area (Å²) in [6, 6.07) is 10.7. The van der Waals surface area contributed by atoms with Gasteiger partial charge in [0.25, 0.3) is 0 Å². The lowest BCUT2D eigenvalue weighted by molar-refractivity contribution is -0.137. The lowest BCUT2D eigenvalue weighted by Gasteiger charge is -2.34. The number of piperazine rings is 1. The first-order valence-electron chi connectivity index (χ1n) is 10.6. The van der Waals surface area contributed by atoms with Gasteiger partial charge in [-0.05, 0) is 62.1 Å². The molecule has 162 valence electrons. The molecule has 4 rings (SSSR count). The number of nitrogens with zero attached hydrogens (tertiary/aromatic N) is 2. The van der Waals surface area contributed by atoms with Gasteiger partial charge in [0.1, 0.15) is 12.4 Å². The zero-order chi connectivity index (χ0) is 21.5. The summed E-state index contributed by atoms with van der Waals surface area (Å²) in [5.74, 6) is 0.279. The Kier molecular flexibility index (Phi) is 5.82. The van der Waals surface area contributed by atoms with Crippen LogP contribution in [0.15, 0.2) is 36.4 Å². The number of hydrogen-bond donors (Lipinski definition) is 0. The van der Waals surface area contributed by atoms with Crippen molar-refractivity contribution >= 4 is 0 Å². The fourth-order valence-electron chi connectivity index (χ4n) is 5.00. The van der Waals surface area contributed by atoms with Crippen molar-refractivity contribution < 1.29 is 17.9 Å². The number of ether oxygens (including phenoxy) is 1. The van der Waals surface area contributed by atoms with Crippen LogP contribution in [0.1, 0.15) is 34.2 Å². The first-order valence-corrected chi connectivity index (χ1v) is 10.6. The molecule has 30 heavy (non-hydrogen) atoms. The van der Waals surface area contributed by atoms with Gasteiger partial charge < -0.3 is 4.74 Å². The molecule has 0 aliphatic carbocycles. The molecular weight excluding hydrogens is 389 g/mol. The fraction of sp³-hybridized carbons (Fsp3) is 0.500. The third-order valence-electron chi connectivity index (χ3n) is 6.48. The van der Waals surface area contributed by atoms with Gasteiger partial charge in [0, 0.05) is 38.3 Å². The van der Waals surface area contributed by atoms with E-state index >= 15 is 0 Å². The second kappa shape index (κ2) is 8.23. The van der Waals surface area contributed by atoms with Gasteiger partial charge in [-0.3, -0.25) is 9.80 Å². The summed E-state index contributed by atoms with van der Waals surface area (Å²) in [6.45, 7) is 10.7. The van der Waals surface area contributed by atoms with E-state index < -0.39 is 11.7 Å². The number of fused-ring (bicyclic) bond motifs is 2. The van der Waals surface area contributed by atoms with E-state index in [2.05, 4.69) is 42.7 Å². The summed E-state index contributed by atoms with van der Waals surface area (Å²) in [7, 11) is 0. The SMILES string of the molecule is Cc1cc(C)c(CN2CC3C[C@H]2CN3CCOc2cccc(C(F)(F)F)c2)c(C)c1. The highest BCUT2D eigenvalue weighted by molar-refractivity contribution is 5.37. The number of hydrogen-bond acceptors (Lipinski definition) is 3. The smallest absolute Gasteiger partial charge is 0.416 e. The highest BCUT2D eigenvalue weighted by atomic mass is 19.4. The van der Waals surface area contributed by atoms with Crippen molar-refractivity contribution in [3.05, 3.63) is 64.2 Å². The Bertz CT molecular complexity index is 889. The highest BCUT2D eigenvalue weighted by Gasteiger charge is 2.42. The monoisotopic (exact) mass is 418 g/mol. The van der Waals surface area contributed by atoms with E-state index in [4.69, 9.17) is 4.74 Å². The molecule has 0 saturated carbocycles. The molecule has 0 N–H and O–H groups in total. The normalized spacial score (nSPS) is 22.1. The number of halogens is 3. The van der Waals surface area contributed by atoms with Crippen LogP contribution in [-0.2, 0) is 12.7 Å². The molecule has 0 radical (unpaired) electrons. The van der Waals surface area contributed by atoms with E-state index in [1.165, 1.54) is 28.3 Å². The second-order valence-electron chi connectivity index (χ2n) is 8.72. The predicted octanol–water partition coefficient (Wildman–Crippen LogP) is 4.97. The van der Waals surface area contributed by atoms with Crippen LogP contribution in [0.5, 0.6) is 5.75 Å². The van der Waals surface area contributed by atoms with E-state index in [1.807, 2.05) is 0 Å². The minimum atomic E-state index is -4.34. The van der Waals surface area contributed by atoms with Crippen molar-refractivity contribution in [2.45, 2.75) is 52.0 Å². The molecule has 6 heteroatoms. The maximum atomic E-state index is 12.8. The second-order valence-corrected chi connectivity index (χ2v) is 8.72. The van der Waals surface area contributed by atoms with Crippen LogP contribution in [0.2, 0.25) is 0 Å². The molecule has 1 unspecified atom stereocenters. The maximum absolute atomic E-state index is 12.8. The van der Waals surface area contributed by atoms with Gasteiger partial charge in [0.15, 0.2) is 0 Å². The number of rotatable bonds is 6. The third-order valence-corrected chi connectivity index (χ3v) is 6.48. The van der Waals surface area contributed by atoms with Crippen LogP contribution in [-0.4, -0.2) is 48.1 Å². The van der Waals surface area contributed by atoms with E-state index in [1.54, 1.807) is 6.07 Å². The first kappa shape index (κ1) is 21.2. The molecule has 2 atom stereocenters. The van der Waals surface area contributed by atoms with Gasteiger partial charge in [-0.25, -0.2) is 0 Å². The number of likely N-dealkylation sites (tertiary alicyclic amines) is 2. The Hall–Kier alpha value is -2.05. The first-order chi connectivity index (χ1) is 14.2. The van der Waals surface area contributed by atoms with Crippen LogP contribution < -0.4 is 4.74 Å². The van der Waals surface area contributed by atoms with Crippen molar-refractivity contribution in [2.75, 3.05) is 26.2 Å². The molecule has 2 aliphatic rings. The van der Waals surface area contributed by atoms with E-state index in [0.717, 1.165) is 44.7 Å². The maximum Gasteiger partial charge on any atom is 0.416 e. The molecule has 0 aromatic heterocycles. The molecule has 2 saturated heterocycles. The van der Waals surface area contributed by atoms with Crippen LogP contribution in [0, 0.1) is 20.8 Å². The van der Waals surface area contributed by atoms with Gasteiger partial charge in [0.2, 0.25) is 0 Å². The average molecular weight is 419 g/mol. The van der Waals surface area contributed by atoms with Crippen molar-refractivity contribution in [2.24, 2.45) is 0 Å². The van der Waals surface area contributed by atoms with Gasteiger partial charge in [-0.15, -0.1) is 0 Å². The van der Waals surface area contributed by atoms with Crippen LogP contribution >= 0.6 is 0 Å². The number of aryl methyl sites for hydroxylation is 3. The largest absolute Gasteiger partial charge is 0.492 e. The van der Waals surface area contributed by atoms with Crippen molar-refractivity contribution in [1.82, 2.24) is 9.80 Å². The summed E-state index contributed by atoms with van der Waals surface area (Å²) >= 11 is 0. The molecule has 2 aromatic rings. The lowest BCUT2D eigenvalue weighted by Crippen LogP contribution is -2.47. The number of benzene rings is 2. The Morgan fingerprint density at radius 3 is 2.27 bits per heavy atom. The van der Waals surface area contributed by atoms with E-state index in [9.17, 15) is 13.2 Å². The van der Waals surface area contributed by atoms with Gasteiger partial charge in [0.05, 0.1) is 5.56 Å². The Morgan fingerprint density at radius 1 is 0.967 bits per heavy atom. The Balaban J connectivity index is 1.28. The molecule has 2 aromatic carbocycles. The summed E-state index contributed by atoms with van der Waals surface area (Å²) in [4.78, 5) is 5.00. The quantitative estimate of drug-likeness (QED) is 0.659. The zero-order valence-corrected chi connectivity index (χ0v) is 17.8. The van der Waals surface area contributed by atoms with Crippen LogP contribution in [0.3, 0.4) is 0 Å². The minimum absolute atomic E-state index is 0.279. The molecule has 0 amide bonds. The molecule has 2 bridgehead atoms. The fourth-order valence-corrected chi connectivity index (χ4v) is 5.00. The summed E-state index contributed by atoms with van der Waals surface area (Å²) < 4.78 is 44.1. The summed E-state index contributed by atoms with van der Waals surface area (Å²) in [5, 5.41) is 0. The highest BCUT2D eigenvalue weighted by Crippen LogP contribution is 2.33. The molecule has 3 nitrogen and oxygen atoms in total. The predicted molar refractivity (Wildman–Crippen MR) is 112 cm³/mol. The molecule has 0 spiro atoms. The Labute approximate surface area is 176 Å². The Morgan fingerprint density at radius 2 is 1.63 bits per heavy atom.